The Morgan fingerprint density at radius 2 is 2.00 bits per heavy atom. The van der Waals surface area contributed by atoms with Crippen molar-refractivity contribution in [3.05, 3.63) is 35.5 Å². The Morgan fingerprint density at radius 1 is 1.34 bits per heavy atom. The molecule has 11 heteroatoms. The van der Waals surface area contributed by atoms with Crippen molar-refractivity contribution in [3.8, 4) is 0 Å². The number of aliphatic hydroxyl groups excluding tert-OH is 1. The van der Waals surface area contributed by atoms with Crippen LogP contribution < -0.4 is 4.90 Å². The third kappa shape index (κ3) is 5.89. The largest absolute Gasteiger partial charge is 0.433 e. The summed E-state index contributed by atoms with van der Waals surface area (Å²) < 4.78 is 63.8. The zero-order valence-electron chi connectivity index (χ0n) is 18.6. The fourth-order valence-electron chi connectivity index (χ4n) is 3.67. The number of sulfone groups is 1. The van der Waals surface area contributed by atoms with E-state index >= 15 is 0 Å². The zero-order chi connectivity index (χ0) is 24.3. The number of anilines is 1. The third-order valence-electron chi connectivity index (χ3n) is 5.36. The van der Waals surface area contributed by atoms with Crippen LogP contribution in [0.5, 0.6) is 0 Å². The second-order valence-electron chi connectivity index (χ2n) is 7.91. The van der Waals surface area contributed by atoms with Gasteiger partial charge in [-0.3, -0.25) is 0 Å². The van der Waals surface area contributed by atoms with Gasteiger partial charge in [0.1, 0.15) is 5.70 Å². The lowest BCUT2D eigenvalue weighted by molar-refractivity contribution is -0.0925. The van der Waals surface area contributed by atoms with E-state index in [1.165, 1.54) is 13.0 Å². The molecule has 178 valence electrons. The summed E-state index contributed by atoms with van der Waals surface area (Å²) in [5.41, 5.74) is -0.0729. The Balaban J connectivity index is 2.40. The van der Waals surface area contributed by atoms with E-state index in [0.717, 1.165) is 12.3 Å². The van der Waals surface area contributed by atoms with Crippen LogP contribution in [0.3, 0.4) is 0 Å². The molecule has 0 spiro atoms. The summed E-state index contributed by atoms with van der Waals surface area (Å²) in [4.78, 5) is 11.2. The third-order valence-corrected chi connectivity index (χ3v) is 6.54. The molecule has 1 heterocycles. The molecular formula is C21H29F3N4O3S. The molecule has 2 rings (SSSR count). The maximum Gasteiger partial charge on any atom is 0.433 e. The van der Waals surface area contributed by atoms with Gasteiger partial charge in [-0.25, -0.2) is 18.4 Å². The summed E-state index contributed by atoms with van der Waals surface area (Å²) in [5, 5.41) is 9.47. The Labute approximate surface area is 186 Å². The number of guanidine groups is 1. The molecule has 0 amide bonds. The lowest BCUT2D eigenvalue weighted by atomic mass is 9.99. The Morgan fingerprint density at radius 3 is 2.47 bits per heavy atom. The van der Waals surface area contributed by atoms with E-state index in [-0.39, 0.29) is 22.8 Å². The molecule has 1 aliphatic heterocycles. The number of alkyl halides is 3. The van der Waals surface area contributed by atoms with E-state index in [4.69, 9.17) is 0 Å². The molecular weight excluding hydrogens is 445 g/mol. The molecule has 0 radical (unpaired) electrons. The van der Waals surface area contributed by atoms with E-state index in [9.17, 15) is 26.7 Å². The van der Waals surface area contributed by atoms with E-state index < -0.39 is 28.3 Å². The van der Waals surface area contributed by atoms with Crippen LogP contribution in [0.4, 0.5) is 18.9 Å². The second-order valence-corrected chi connectivity index (χ2v) is 9.90. The maximum atomic E-state index is 13.2. The standard InChI is InChI=1S/C21H29F3N4O3S/c1-6-19(21(22,23)24)26-20(25-4)28-10-9-27(12-17(28)14(2)3)16-8-7-15(13-29)18(11-16)32(5,30)31/h6-8,11,14,17,29H,4,9-10,12-13H2,1-3,5H3/b19-6-,26-20?. The number of benzene rings is 1. The van der Waals surface area contributed by atoms with E-state index in [1.807, 2.05) is 18.7 Å². The predicted molar refractivity (Wildman–Crippen MR) is 120 cm³/mol. The predicted octanol–water partition coefficient (Wildman–Crippen LogP) is 3.25. The topological polar surface area (TPSA) is 85.6 Å². The Bertz CT molecular complexity index is 1000. The van der Waals surface area contributed by atoms with Gasteiger partial charge in [-0.1, -0.05) is 26.0 Å². The van der Waals surface area contributed by atoms with E-state index in [2.05, 4.69) is 16.7 Å². The van der Waals surface area contributed by atoms with Crippen LogP contribution in [-0.4, -0.2) is 69.2 Å². The van der Waals surface area contributed by atoms with Crippen molar-refractivity contribution in [1.82, 2.24) is 4.90 Å². The van der Waals surface area contributed by atoms with Crippen LogP contribution in [0.2, 0.25) is 0 Å². The summed E-state index contributed by atoms with van der Waals surface area (Å²) in [6, 6.07) is 4.59. The van der Waals surface area contributed by atoms with E-state index in [0.29, 0.717) is 30.9 Å². The molecule has 1 aliphatic rings. The molecule has 1 atom stereocenters. The van der Waals surface area contributed by atoms with Crippen LogP contribution in [0, 0.1) is 5.92 Å². The second kappa shape index (κ2) is 10.0. The highest BCUT2D eigenvalue weighted by molar-refractivity contribution is 7.90. The van der Waals surface area contributed by atoms with Crippen molar-refractivity contribution in [2.75, 3.05) is 30.8 Å². The van der Waals surface area contributed by atoms with Gasteiger partial charge in [0.25, 0.3) is 0 Å². The van der Waals surface area contributed by atoms with Crippen molar-refractivity contribution in [1.29, 1.82) is 0 Å². The number of hydrogen-bond donors (Lipinski definition) is 1. The summed E-state index contributed by atoms with van der Waals surface area (Å²) in [5.74, 6) is -0.0583. The first-order valence-electron chi connectivity index (χ1n) is 10.1. The quantitative estimate of drug-likeness (QED) is 0.523. The van der Waals surface area contributed by atoms with Gasteiger partial charge < -0.3 is 14.9 Å². The van der Waals surface area contributed by atoms with Gasteiger partial charge in [0.15, 0.2) is 9.84 Å². The number of allylic oxidation sites excluding steroid dienone is 2. The molecule has 1 saturated heterocycles. The molecule has 0 saturated carbocycles. The highest BCUT2D eigenvalue weighted by Crippen LogP contribution is 2.30. The monoisotopic (exact) mass is 474 g/mol. The molecule has 1 fully saturated rings. The first kappa shape index (κ1) is 25.9. The molecule has 1 aromatic rings. The average molecular weight is 475 g/mol. The minimum Gasteiger partial charge on any atom is -0.392 e. The molecule has 0 aliphatic carbocycles. The van der Waals surface area contributed by atoms with Gasteiger partial charge in [-0.15, -0.1) is 0 Å². The van der Waals surface area contributed by atoms with Gasteiger partial charge in [0, 0.05) is 31.6 Å². The average Bonchev–Trinajstić information content (AvgIpc) is 2.72. The van der Waals surface area contributed by atoms with Crippen molar-refractivity contribution in [2.45, 2.75) is 44.5 Å². The lowest BCUT2D eigenvalue weighted by Crippen LogP contribution is -2.57. The number of hydrogen-bond acceptors (Lipinski definition) is 5. The van der Waals surface area contributed by atoms with Crippen molar-refractivity contribution >= 4 is 28.2 Å². The van der Waals surface area contributed by atoms with Gasteiger partial charge >= 0.3 is 6.18 Å². The number of rotatable bonds is 5. The van der Waals surface area contributed by atoms with Crippen LogP contribution in [0.15, 0.2) is 44.9 Å². The van der Waals surface area contributed by atoms with Crippen LogP contribution in [-0.2, 0) is 16.4 Å². The first-order valence-corrected chi connectivity index (χ1v) is 12.0. The highest BCUT2D eigenvalue weighted by Gasteiger charge is 2.36. The number of piperazine rings is 1. The van der Waals surface area contributed by atoms with Crippen LogP contribution in [0.1, 0.15) is 26.3 Å². The van der Waals surface area contributed by atoms with Crippen LogP contribution >= 0.6 is 0 Å². The number of halogens is 3. The Kier molecular flexibility index (Phi) is 8.11. The number of aliphatic imine (C=N–C) groups is 2. The first-order chi connectivity index (χ1) is 14.8. The zero-order valence-corrected chi connectivity index (χ0v) is 19.4. The molecule has 7 nitrogen and oxygen atoms in total. The molecule has 0 aromatic heterocycles. The van der Waals surface area contributed by atoms with Crippen molar-refractivity contribution in [3.63, 3.8) is 0 Å². The van der Waals surface area contributed by atoms with Gasteiger partial charge in [0.05, 0.1) is 17.5 Å². The maximum absolute atomic E-state index is 13.2. The highest BCUT2D eigenvalue weighted by atomic mass is 32.2. The smallest absolute Gasteiger partial charge is 0.392 e. The lowest BCUT2D eigenvalue weighted by Gasteiger charge is -2.44. The molecule has 1 N–H and O–H groups in total. The summed E-state index contributed by atoms with van der Waals surface area (Å²) in [7, 11) is -3.55. The minimum atomic E-state index is -4.60. The van der Waals surface area contributed by atoms with Gasteiger partial charge in [0.2, 0.25) is 5.96 Å². The number of nitrogens with zero attached hydrogens (tertiary/aromatic N) is 4. The molecule has 0 bridgehead atoms. The summed E-state index contributed by atoms with van der Waals surface area (Å²) >= 11 is 0. The molecule has 1 aromatic carbocycles. The Hall–Kier alpha value is -2.40. The number of aliphatic hydroxyl groups is 1. The van der Waals surface area contributed by atoms with E-state index in [1.54, 1.807) is 17.0 Å². The summed E-state index contributed by atoms with van der Waals surface area (Å²) in [6.07, 6.45) is -2.63. The summed E-state index contributed by atoms with van der Waals surface area (Å²) in [6.45, 7) is 9.32. The fourth-order valence-corrected chi connectivity index (χ4v) is 4.61. The van der Waals surface area contributed by atoms with Crippen molar-refractivity contribution < 1.29 is 26.7 Å². The van der Waals surface area contributed by atoms with Gasteiger partial charge in [-0.05, 0) is 37.3 Å². The normalized spacial score (nSPS) is 19.0. The SMILES string of the molecule is C=NC(=N/C(=C\C)C(F)(F)F)N1CCN(c2ccc(CO)c(S(C)(=O)=O)c2)CC1C(C)C. The fraction of sp³-hybridized carbons (Fsp3) is 0.524. The molecule has 1 unspecified atom stereocenters. The molecule has 32 heavy (non-hydrogen) atoms. The minimum absolute atomic E-state index is 0.0378. The van der Waals surface area contributed by atoms with Crippen molar-refractivity contribution in [2.24, 2.45) is 15.9 Å². The van der Waals surface area contributed by atoms with Crippen LogP contribution in [0.25, 0.3) is 0 Å². The van der Waals surface area contributed by atoms with Gasteiger partial charge in [-0.2, -0.15) is 13.2 Å².